The number of ether oxygens (including phenoxy) is 1. The molecule has 0 spiro atoms. The number of nitrogens with zero attached hydrogens (tertiary/aromatic N) is 1. The second-order valence-corrected chi connectivity index (χ2v) is 4.41. The van der Waals surface area contributed by atoms with E-state index < -0.39 is 0 Å². The summed E-state index contributed by atoms with van der Waals surface area (Å²) in [6, 6.07) is 0.407. The minimum Gasteiger partial charge on any atom is -0.443 e. The van der Waals surface area contributed by atoms with E-state index in [0.29, 0.717) is 18.5 Å². The summed E-state index contributed by atoms with van der Waals surface area (Å²) in [7, 11) is 0. The number of alkyl halides is 1. The van der Waals surface area contributed by atoms with Crippen LogP contribution in [-0.4, -0.2) is 35.6 Å². The van der Waals surface area contributed by atoms with E-state index in [1.165, 1.54) is 19.3 Å². The molecule has 1 heterocycles. The molecule has 1 aliphatic carbocycles. The molecular weight excluding hydrogens is 202 g/mol. The van der Waals surface area contributed by atoms with E-state index in [1.54, 1.807) is 0 Å². The molecule has 0 N–H and O–H groups in total. The van der Waals surface area contributed by atoms with Crippen LogP contribution in [-0.2, 0) is 4.74 Å². The number of hydrogen-bond acceptors (Lipinski definition) is 2. The molecule has 0 unspecified atom stereocenters. The van der Waals surface area contributed by atoms with Crippen molar-refractivity contribution in [2.75, 3.05) is 12.4 Å². The van der Waals surface area contributed by atoms with Crippen molar-refractivity contribution in [3.05, 3.63) is 0 Å². The quantitative estimate of drug-likeness (QED) is 0.665. The third-order valence-corrected chi connectivity index (χ3v) is 3.43. The first-order valence-electron chi connectivity index (χ1n) is 5.34. The van der Waals surface area contributed by atoms with Crippen LogP contribution >= 0.6 is 11.6 Å². The molecule has 1 saturated carbocycles. The van der Waals surface area contributed by atoms with Crippen molar-refractivity contribution in [2.24, 2.45) is 0 Å². The lowest BCUT2D eigenvalue weighted by Crippen LogP contribution is -2.37. The lowest BCUT2D eigenvalue weighted by Gasteiger charge is -2.28. The Morgan fingerprint density at radius 1 is 1.36 bits per heavy atom. The topological polar surface area (TPSA) is 29.5 Å². The minimum absolute atomic E-state index is 0.0916. The van der Waals surface area contributed by atoms with Gasteiger partial charge in [-0.05, 0) is 12.8 Å². The Hall–Kier alpha value is -0.440. The van der Waals surface area contributed by atoms with Crippen molar-refractivity contribution in [1.82, 2.24) is 4.90 Å². The maximum absolute atomic E-state index is 11.5. The molecule has 0 aromatic rings. The second-order valence-electron chi connectivity index (χ2n) is 4.10. The van der Waals surface area contributed by atoms with E-state index in [9.17, 15) is 4.79 Å². The van der Waals surface area contributed by atoms with Crippen molar-refractivity contribution in [3.63, 3.8) is 0 Å². The third-order valence-electron chi connectivity index (χ3n) is 3.09. The first-order chi connectivity index (χ1) is 6.81. The standard InChI is InChI=1S/C10H16ClNO2/c11-6-9-7-12(10(13)14-9)8-4-2-1-3-5-8/h8-9H,1-7H2/t9-/m0/s1. The fourth-order valence-electron chi connectivity index (χ4n) is 2.31. The summed E-state index contributed by atoms with van der Waals surface area (Å²) >= 11 is 5.67. The van der Waals surface area contributed by atoms with Crippen LogP contribution < -0.4 is 0 Å². The summed E-state index contributed by atoms with van der Waals surface area (Å²) in [5.41, 5.74) is 0. The average Bonchev–Trinajstić information content (AvgIpc) is 2.61. The number of carbonyl (C=O) groups excluding carboxylic acids is 1. The Balaban J connectivity index is 1.93. The fourth-order valence-corrected chi connectivity index (χ4v) is 2.47. The first kappa shape index (κ1) is 10.1. The van der Waals surface area contributed by atoms with Crippen molar-refractivity contribution in [3.8, 4) is 0 Å². The Morgan fingerprint density at radius 2 is 2.07 bits per heavy atom. The van der Waals surface area contributed by atoms with Crippen LogP contribution in [0.15, 0.2) is 0 Å². The summed E-state index contributed by atoms with van der Waals surface area (Å²) in [5.74, 6) is 0.412. The Bertz CT molecular complexity index is 216. The van der Waals surface area contributed by atoms with Gasteiger partial charge in [0.2, 0.25) is 0 Å². The molecule has 0 radical (unpaired) electrons. The van der Waals surface area contributed by atoms with Gasteiger partial charge in [-0.1, -0.05) is 19.3 Å². The maximum atomic E-state index is 11.5. The van der Waals surface area contributed by atoms with Gasteiger partial charge in [0.1, 0.15) is 6.10 Å². The van der Waals surface area contributed by atoms with Gasteiger partial charge in [0.15, 0.2) is 0 Å². The highest BCUT2D eigenvalue weighted by molar-refractivity contribution is 6.18. The Morgan fingerprint density at radius 3 is 2.64 bits per heavy atom. The van der Waals surface area contributed by atoms with E-state index in [1.807, 2.05) is 4.90 Å². The predicted molar refractivity (Wildman–Crippen MR) is 54.6 cm³/mol. The van der Waals surface area contributed by atoms with E-state index >= 15 is 0 Å². The van der Waals surface area contributed by atoms with Crippen LogP contribution in [0.1, 0.15) is 32.1 Å². The van der Waals surface area contributed by atoms with Gasteiger partial charge in [0.05, 0.1) is 12.4 Å². The van der Waals surface area contributed by atoms with Crippen LogP contribution in [0.5, 0.6) is 0 Å². The molecule has 2 fully saturated rings. The first-order valence-corrected chi connectivity index (χ1v) is 5.88. The molecule has 1 amide bonds. The van der Waals surface area contributed by atoms with E-state index in [-0.39, 0.29) is 12.2 Å². The number of hydrogen-bond donors (Lipinski definition) is 0. The van der Waals surface area contributed by atoms with Crippen LogP contribution in [0.3, 0.4) is 0 Å². The molecule has 4 heteroatoms. The van der Waals surface area contributed by atoms with Gasteiger partial charge in [-0.2, -0.15) is 0 Å². The second kappa shape index (κ2) is 4.39. The molecule has 2 rings (SSSR count). The van der Waals surface area contributed by atoms with E-state index in [2.05, 4.69) is 0 Å². The van der Waals surface area contributed by atoms with Crippen molar-refractivity contribution < 1.29 is 9.53 Å². The SMILES string of the molecule is O=C1O[C@@H](CCl)CN1C1CCCCC1. The lowest BCUT2D eigenvalue weighted by molar-refractivity contribution is 0.128. The molecular formula is C10H16ClNO2. The Kier molecular flexibility index (Phi) is 3.16. The van der Waals surface area contributed by atoms with Crippen LogP contribution in [0.25, 0.3) is 0 Å². The zero-order chi connectivity index (χ0) is 9.97. The molecule has 1 saturated heterocycles. The summed E-state index contributed by atoms with van der Waals surface area (Å²) < 4.78 is 5.13. The van der Waals surface area contributed by atoms with Crippen LogP contribution in [0.2, 0.25) is 0 Å². The molecule has 1 atom stereocenters. The molecule has 1 aliphatic heterocycles. The van der Waals surface area contributed by atoms with Gasteiger partial charge in [-0.15, -0.1) is 11.6 Å². The molecule has 0 aromatic carbocycles. The zero-order valence-corrected chi connectivity index (χ0v) is 9.00. The van der Waals surface area contributed by atoms with Crippen molar-refractivity contribution in [2.45, 2.75) is 44.2 Å². The van der Waals surface area contributed by atoms with Gasteiger partial charge in [0, 0.05) is 6.04 Å². The van der Waals surface area contributed by atoms with Crippen molar-refractivity contribution >= 4 is 17.7 Å². The van der Waals surface area contributed by atoms with Gasteiger partial charge >= 0.3 is 6.09 Å². The number of amides is 1. The van der Waals surface area contributed by atoms with Crippen LogP contribution in [0, 0.1) is 0 Å². The summed E-state index contributed by atoms with van der Waals surface area (Å²) in [6.45, 7) is 0.688. The van der Waals surface area contributed by atoms with Crippen molar-refractivity contribution in [1.29, 1.82) is 0 Å². The van der Waals surface area contributed by atoms with Crippen LogP contribution in [0.4, 0.5) is 4.79 Å². The fraction of sp³-hybridized carbons (Fsp3) is 0.900. The largest absolute Gasteiger partial charge is 0.443 e. The van der Waals surface area contributed by atoms with E-state index in [0.717, 1.165) is 12.8 Å². The highest BCUT2D eigenvalue weighted by Gasteiger charge is 2.35. The Labute approximate surface area is 89.4 Å². The highest BCUT2D eigenvalue weighted by atomic mass is 35.5. The predicted octanol–water partition coefficient (Wildman–Crippen LogP) is 2.38. The van der Waals surface area contributed by atoms with E-state index in [4.69, 9.17) is 16.3 Å². The monoisotopic (exact) mass is 217 g/mol. The number of cyclic esters (lactones) is 1. The zero-order valence-electron chi connectivity index (χ0n) is 8.25. The lowest BCUT2D eigenvalue weighted by atomic mass is 9.94. The molecule has 80 valence electrons. The third kappa shape index (κ3) is 1.97. The maximum Gasteiger partial charge on any atom is 0.410 e. The highest BCUT2D eigenvalue weighted by Crippen LogP contribution is 2.26. The van der Waals surface area contributed by atoms with Gasteiger partial charge < -0.3 is 9.64 Å². The summed E-state index contributed by atoms with van der Waals surface area (Å²) in [4.78, 5) is 13.4. The number of carbonyl (C=O) groups is 1. The number of halogens is 1. The summed E-state index contributed by atoms with van der Waals surface area (Å²) in [6.07, 6.45) is 5.78. The average molecular weight is 218 g/mol. The smallest absolute Gasteiger partial charge is 0.410 e. The molecule has 14 heavy (non-hydrogen) atoms. The molecule has 3 nitrogen and oxygen atoms in total. The normalized spacial score (nSPS) is 29.4. The molecule has 0 bridgehead atoms. The molecule has 2 aliphatic rings. The summed E-state index contributed by atoms with van der Waals surface area (Å²) in [5, 5.41) is 0. The molecule has 0 aromatic heterocycles. The van der Waals surface area contributed by atoms with Gasteiger partial charge in [-0.3, -0.25) is 0 Å². The van der Waals surface area contributed by atoms with Gasteiger partial charge in [-0.25, -0.2) is 4.79 Å². The minimum atomic E-state index is -0.164. The number of rotatable bonds is 2. The van der Waals surface area contributed by atoms with Gasteiger partial charge in [0.25, 0.3) is 0 Å².